The fourth-order valence-corrected chi connectivity index (χ4v) is 4.35. The van der Waals surface area contributed by atoms with E-state index in [0.29, 0.717) is 12.5 Å². The number of rotatable bonds is 10. The predicted molar refractivity (Wildman–Crippen MR) is 140 cm³/mol. The van der Waals surface area contributed by atoms with Crippen LogP contribution in [-0.4, -0.2) is 21.0 Å². The summed E-state index contributed by atoms with van der Waals surface area (Å²) >= 11 is 0. The van der Waals surface area contributed by atoms with Gasteiger partial charge in [-0.15, -0.1) is 0 Å². The lowest BCUT2D eigenvalue weighted by atomic mass is 10.0. The van der Waals surface area contributed by atoms with Crippen LogP contribution in [0.5, 0.6) is 34.5 Å². The second-order valence-electron chi connectivity index (χ2n) is 8.77. The molecule has 0 fully saturated rings. The van der Waals surface area contributed by atoms with Gasteiger partial charge < -0.3 is 23.7 Å². The summed E-state index contributed by atoms with van der Waals surface area (Å²) in [6.07, 6.45) is 3.63. The zero-order valence-electron chi connectivity index (χ0n) is 20.7. The third kappa shape index (κ3) is 5.74. The Morgan fingerprint density at radius 2 is 1.17 bits per heavy atom. The molecule has 5 rings (SSSR count). The maximum Gasteiger partial charge on any atom is 0.231 e. The lowest BCUT2D eigenvalue weighted by Crippen LogP contribution is -1.96. The third-order valence-corrected chi connectivity index (χ3v) is 6.33. The average molecular weight is 483 g/mol. The van der Waals surface area contributed by atoms with Crippen LogP contribution < -0.4 is 23.7 Å². The molecular weight excluding hydrogens is 452 g/mol. The Hall–Kier alpha value is -4.12. The van der Waals surface area contributed by atoms with Crippen LogP contribution in [0.25, 0.3) is 0 Å². The van der Waals surface area contributed by atoms with Gasteiger partial charge in [0.25, 0.3) is 0 Å². The van der Waals surface area contributed by atoms with Crippen LogP contribution in [0.2, 0.25) is 0 Å². The molecule has 1 aliphatic heterocycles. The summed E-state index contributed by atoms with van der Waals surface area (Å²) in [5, 5.41) is 0. The first kappa shape index (κ1) is 23.6. The molecule has 0 atom stereocenters. The van der Waals surface area contributed by atoms with E-state index in [1.165, 1.54) is 22.3 Å². The summed E-state index contributed by atoms with van der Waals surface area (Å²) in [5.74, 6) is 4.74. The van der Waals surface area contributed by atoms with Crippen LogP contribution >= 0.6 is 0 Å². The van der Waals surface area contributed by atoms with Crippen molar-refractivity contribution >= 4 is 0 Å². The normalized spacial score (nSPS) is 11.8. The molecule has 0 amide bonds. The first-order valence-corrected chi connectivity index (χ1v) is 12.2. The lowest BCUT2D eigenvalue weighted by molar-refractivity contribution is 0.174. The van der Waals surface area contributed by atoms with E-state index in [0.717, 1.165) is 54.4 Å². The van der Waals surface area contributed by atoms with Crippen molar-refractivity contribution in [3.63, 3.8) is 0 Å². The van der Waals surface area contributed by atoms with E-state index in [9.17, 15) is 0 Å². The van der Waals surface area contributed by atoms with E-state index in [1.54, 1.807) is 14.2 Å². The number of fused-ring (bicyclic) bond motifs is 1. The summed E-state index contributed by atoms with van der Waals surface area (Å²) in [6.45, 7) is 0.294. The summed E-state index contributed by atoms with van der Waals surface area (Å²) in [6, 6.07) is 28.7. The van der Waals surface area contributed by atoms with Crippen molar-refractivity contribution in [1.29, 1.82) is 0 Å². The molecule has 0 N–H and O–H groups in total. The van der Waals surface area contributed by atoms with Gasteiger partial charge in [0.2, 0.25) is 6.79 Å². The van der Waals surface area contributed by atoms with Gasteiger partial charge in [0.05, 0.1) is 14.2 Å². The molecular formula is C31H30O5. The molecule has 4 aromatic carbocycles. The Bertz CT molecular complexity index is 1330. The van der Waals surface area contributed by atoms with E-state index in [4.69, 9.17) is 23.7 Å². The second-order valence-corrected chi connectivity index (χ2v) is 8.77. The largest absolute Gasteiger partial charge is 0.497 e. The minimum atomic E-state index is 0.294. The Balaban J connectivity index is 1.22. The molecule has 0 aliphatic carbocycles. The Kier molecular flexibility index (Phi) is 7.27. The van der Waals surface area contributed by atoms with Gasteiger partial charge in [-0.3, -0.25) is 0 Å². The third-order valence-electron chi connectivity index (χ3n) is 6.33. The monoisotopic (exact) mass is 482 g/mol. The van der Waals surface area contributed by atoms with Crippen molar-refractivity contribution in [1.82, 2.24) is 0 Å². The molecule has 5 heteroatoms. The van der Waals surface area contributed by atoms with Crippen molar-refractivity contribution < 1.29 is 23.7 Å². The Labute approximate surface area is 212 Å². The lowest BCUT2D eigenvalue weighted by Gasteiger charge is -2.13. The molecule has 0 aromatic heterocycles. The smallest absolute Gasteiger partial charge is 0.231 e. The highest BCUT2D eigenvalue weighted by atomic mass is 16.7. The zero-order chi connectivity index (χ0) is 24.7. The van der Waals surface area contributed by atoms with Gasteiger partial charge in [0.1, 0.15) is 11.5 Å². The number of benzene rings is 4. The first-order chi connectivity index (χ1) is 17.7. The maximum atomic E-state index is 6.22. The molecule has 0 unspecified atom stereocenters. The molecule has 0 bridgehead atoms. The molecule has 1 aliphatic rings. The number of hydrogen-bond acceptors (Lipinski definition) is 5. The van der Waals surface area contributed by atoms with Crippen molar-refractivity contribution in [2.24, 2.45) is 0 Å². The summed E-state index contributed by atoms with van der Waals surface area (Å²) in [4.78, 5) is 0. The SMILES string of the molecule is COc1cccc(CCc2cccc(Oc3ccc(CCc4ccc5c(c4)OCO5)cc3OC)c2)c1. The van der Waals surface area contributed by atoms with Crippen LogP contribution in [0.1, 0.15) is 22.3 Å². The topological polar surface area (TPSA) is 46.2 Å². The minimum Gasteiger partial charge on any atom is -0.497 e. The molecule has 0 saturated carbocycles. The molecule has 0 radical (unpaired) electrons. The van der Waals surface area contributed by atoms with Gasteiger partial charge in [0, 0.05) is 0 Å². The fraction of sp³-hybridized carbons (Fsp3) is 0.226. The standard InChI is InChI=1S/C31H30O5/c1-32-26-7-3-5-22(17-26)9-10-23-6-4-8-27(18-23)36-29-16-14-24(19-30(29)33-2)11-12-25-13-15-28-31(20-25)35-21-34-28/h3-8,13-20H,9-12,21H2,1-2H3. The predicted octanol–water partition coefficient (Wildman–Crippen LogP) is 6.80. The maximum absolute atomic E-state index is 6.22. The average Bonchev–Trinajstić information content (AvgIpc) is 3.40. The fourth-order valence-electron chi connectivity index (χ4n) is 4.35. The van der Waals surface area contributed by atoms with Crippen LogP contribution in [0.4, 0.5) is 0 Å². The van der Waals surface area contributed by atoms with E-state index < -0.39 is 0 Å². The van der Waals surface area contributed by atoms with Gasteiger partial charge in [-0.2, -0.15) is 0 Å². The van der Waals surface area contributed by atoms with Gasteiger partial charge in [0.15, 0.2) is 23.0 Å². The van der Waals surface area contributed by atoms with Gasteiger partial charge in [-0.25, -0.2) is 0 Å². The van der Waals surface area contributed by atoms with Gasteiger partial charge >= 0.3 is 0 Å². The quantitative estimate of drug-likeness (QED) is 0.249. The summed E-state index contributed by atoms with van der Waals surface area (Å²) in [5.41, 5.74) is 4.86. The van der Waals surface area contributed by atoms with E-state index in [1.807, 2.05) is 36.4 Å². The summed E-state index contributed by atoms with van der Waals surface area (Å²) < 4.78 is 28.1. The molecule has 0 spiro atoms. The van der Waals surface area contributed by atoms with E-state index >= 15 is 0 Å². The number of aryl methyl sites for hydroxylation is 4. The van der Waals surface area contributed by atoms with Crippen LogP contribution in [0.3, 0.4) is 0 Å². The van der Waals surface area contributed by atoms with E-state index in [-0.39, 0.29) is 0 Å². The minimum absolute atomic E-state index is 0.294. The van der Waals surface area contributed by atoms with Crippen molar-refractivity contribution in [2.45, 2.75) is 25.7 Å². The van der Waals surface area contributed by atoms with Gasteiger partial charge in [-0.1, -0.05) is 36.4 Å². The van der Waals surface area contributed by atoms with Crippen molar-refractivity contribution in [3.8, 4) is 34.5 Å². The van der Waals surface area contributed by atoms with Crippen LogP contribution in [0, 0.1) is 0 Å². The molecule has 1 heterocycles. The molecule has 0 saturated heterocycles. The number of hydrogen-bond donors (Lipinski definition) is 0. The highest BCUT2D eigenvalue weighted by Crippen LogP contribution is 2.35. The van der Waals surface area contributed by atoms with E-state index in [2.05, 4.69) is 48.5 Å². The Morgan fingerprint density at radius 3 is 1.89 bits per heavy atom. The van der Waals surface area contributed by atoms with Crippen LogP contribution in [0.15, 0.2) is 84.9 Å². The first-order valence-electron chi connectivity index (χ1n) is 12.2. The molecule has 5 nitrogen and oxygen atoms in total. The van der Waals surface area contributed by atoms with Crippen molar-refractivity contribution in [2.75, 3.05) is 21.0 Å². The molecule has 4 aromatic rings. The van der Waals surface area contributed by atoms with Crippen molar-refractivity contribution in [3.05, 3.63) is 107 Å². The number of methoxy groups -OCH3 is 2. The second kappa shape index (κ2) is 11.1. The summed E-state index contributed by atoms with van der Waals surface area (Å²) in [7, 11) is 3.37. The molecule has 184 valence electrons. The number of ether oxygens (including phenoxy) is 5. The van der Waals surface area contributed by atoms with Gasteiger partial charge in [-0.05, 0) is 96.5 Å². The highest BCUT2D eigenvalue weighted by molar-refractivity contribution is 5.47. The highest BCUT2D eigenvalue weighted by Gasteiger charge is 2.13. The van der Waals surface area contributed by atoms with Crippen LogP contribution in [-0.2, 0) is 25.7 Å². The molecule has 36 heavy (non-hydrogen) atoms. The Morgan fingerprint density at radius 1 is 0.556 bits per heavy atom. The zero-order valence-corrected chi connectivity index (χ0v) is 20.7.